The summed E-state index contributed by atoms with van der Waals surface area (Å²) in [7, 11) is 0. The molecule has 1 unspecified atom stereocenters. The molecule has 0 bridgehead atoms. The second kappa shape index (κ2) is 6.91. The Labute approximate surface area is 156 Å². The van der Waals surface area contributed by atoms with E-state index in [2.05, 4.69) is 6.07 Å². The number of benzene rings is 2. The first-order valence-corrected chi connectivity index (χ1v) is 8.77. The topological polar surface area (TPSA) is 29.5 Å². The molecule has 1 saturated heterocycles. The molecule has 3 nitrogen and oxygen atoms in total. The molecule has 1 heterocycles. The van der Waals surface area contributed by atoms with E-state index in [1.54, 1.807) is 0 Å². The number of carbonyl (C=O) groups excluding carboxylic acids is 1. The summed E-state index contributed by atoms with van der Waals surface area (Å²) in [5.74, 6) is 0. The van der Waals surface area contributed by atoms with Crippen LogP contribution in [-0.4, -0.2) is 18.7 Å². The zero-order valence-electron chi connectivity index (χ0n) is 15.5. The van der Waals surface area contributed by atoms with E-state index in [0.29, 0.717) is 12.2 Å². The van der Waals surface area contributed by atoms with Crippen LogP contribution >= 0.6 is 0 Å². The van der Waals surface area contributed by atoms with Gasteiger partial charge in [0.25, 0.3) is 0 Å². The number of amides is 1. The first-order chi connectivity index (χ1) is 12.6. The summed E-state index contributed by atoms with van der Waals surface area (Å²) in [4.78, 5) is 13.7. The van der Waals surface area contributed by atoms with Gasteiger partial charge in [-0.1, -0.05) is 43.7 Å². The third-order valence-corrected chi connectivity index (χ3v) is 4.93. The number of anilines is 1. The van der Waals surface area contributed by atoms with Gasteiger partial charge in [-0.05, 0) is 43.2 Å². The molecule has 0 N–H and O–H groups in total. The first-order valence-electron chi connectivity index (χ1n) is 8.77. The Morgan fingerprint density at radius 2 is 1.78 bits per heavy atom. The summed E-state index contributed by atoms with van der Waals surface area (Å²) in [5.41, 5.74) is 1.67. The number of ether oxygens (including phenoxy) is 1. The lowest BCUT2D eigenvalue weighted by atomic mass is 9.80. The maximum Gasteiger partial charge on any atom is 0.416 e. The van der Waals surface area contributed by atoms with Crippen molar-refractivity contribution in [3.05, 3.63) is 65.2 Å². The van der Waals surface area contributed by atoms with Crippen LogP contribution in [0.3, 0.4) is 0 Å². The molecule has 2 aromatic rings. The van der Waals surface area contributed by atoms with Crippen LogP contribution in [0.4, 0.5) is 23.7 Å². The Bertz CT molecular complexity index is 828. The normalized spacial score (nSPS) is 17.9. The smallest absolute Gasteiger partial charge is 0.416 e. The molecule has 1 fully saturated rings. The van der Waals surface area contributed by atoms with Crippen LogP contribution in [0, 0.1) is 12.3 Å². The summed E-state index contributed by atoms with van der Waals surface area (Å²) in [6, 6.07) is 12.7. The van der Waals surface area contributed by atoms with Crippen molar-refractivity contribution < 1.29 is 22.7 Å². The molecule has 1 amide bonds. The highest BCUT2D eigenvalue weighted by molar-refractivity contribution is 5.89. The average molecular weight is 377 g/mol. The van der Waals surface area contributed by atoms with E-state index >= 15 is 0 Å². The van der Waals surface area contributed by atoms with Gasteiger partial charge in [0.15, 0.2) is 0 Å². The van der Waals surface area contributed by atoms with E-state index in [1.807, 2.05) is 39.0 Å². The second-order valence-corrected chi connectivity index (χ2v) is 7.68. The maximum atomic E-state index is 12.7. The van der Waals surface area contributed by atoms with Crippen molar-refractivity contribution in [1.82, 2.24) is 0 Å². The number of rotatable bonds is 4. The van der Waals surface area contributed by atoms with Gasteiger partial charge in [-0.3, -0.25) is 4.90 Å². The fourth-order valence-corrected chi connectivity index (χ4v) is 3.37. The van der Waals surface area contributed by atoms with Gasteiger partial charge in [-0.15, -0.1) is 0 Å². The SMILES string of the molecule is Cc1cccc(CC(C)(C)C2CN(c3ccc(C(F)(F)F)cc3)C(=O)O2)c1. The molecule has 1 aliphatic heterocycles. The van der Waals surface area contributed by atoms with E-state index < -0.39 is 17.8 Å². The van der Waals surface area contributed by atoms with Gasteiger partial charge in [0.05, 0.1) is 12.1 Å². The molecule has 2 aromatic carbocycles. The number of aryl methyl sites for hydroxylation is 1. The van der Waals surface area contributed by atoms with Crippen molar-refractivity contribution in [1.29, 1.82) is 0 Å². The summed E-state index contributed by atoms with van der Waals surface area (Å²) in [5, 5.41) is 0. The number of carbonyl (C=O) groups is 1. The summed E-state index contributed by atoms with van der Waals surface area (Å²) < 4.78 is 43.7. The molecule has 1 atom stereocenters. The van der Waals surface area contributed by atoms with Crippen molar-refractivity contribution in [3.63, 3.8) is 0 Å². The fourth-order valence-electron chi connectivity index (χ4n) is 3.37. The van der Waals surface area contributed by atoms with Gasteiger partial charge in [0.2, 0.25) is 0 Å². The average Bonchev–Trinajstić information content (AvgIpc) is 2.96. The molecule has 3 rings (SSSR count). The summed E-state index contributed by atoms with van der Waals surface area (Å²) in [6.07, 6.45) is -4.56. The first kappa shape index (κ1) is 19.3. The third-order valence-electron chi connectivity index (χ3n) is 4.93. The Morgan fingerprint density at radius 1 is 1.11 bits per heavy atom. The van der Waals surface area contributed by atoms with E-state index in [1.165, 1.54) is 17.0 Å². The third kappa shape index (κ3) is 4.26. The monoisotopic (exact) mass is 377 g/mol. The zero-order valence-corrected chi connectivity index (χ0v) is 15.5. The van der Waals surface area contributed by atoms with Gasteiger partial charge in [0.1, 0.15) is 6.10 Å². The van der Waals surface area contributed by atoms with E-state index in [4.69, 9.17) is 4.74 Å². The van der Waals surface area contributed by atoms with E-state index in [0.717, 1.165) is 29.7 Å². The largest absolute Gasteiger partial charge is 0.443 e. The van der Waals surface area contributed by atoms with Crippen LogP contribution in [0.25, 0.3) is 0 Å². The van der Waals surface area contributed by atoms with Crippen molar-refractivity contribution in [3.8, 4) is 0 Å². The van der Waals surface area contributed by atoms with Gasteiger partial charge in [-0.2, -0.15) is 13.2 Å². The summed E-state index contributed by atoms with van der Waals surface area (Å²) >= 11 is 0. The molecular weight excluding hydrogens is 355 g/mol. The molecule has 6 heteroatoms. The minimum absolute atomic E-state index is 0.309. The fraction of sp³-hybridized carbons (Fsp3) is 0.381. The lowest BCUT2D eigenvalue weighted by Gasteiger charge is -2.30. The Hall–Kier alpha value is -2.50. The Balaban J connectivity index is 1.74. The molecule has 0 radical (unpaired) electrons. The minimum Gasteiger partial charge on any atom is -0.443 e. The highest BCUT2D eigenvalue weighted by Crippen LogP contribution is 2.36. The Kier molecular flexibility index (Phi) is 4.93. The predicted octanol–water partition coefficient (Wildman–Crippen LogP) is 5.61. The van der Waals surface area contributed by atoms with Crippen molar-refractivity contribution in [2.45, 2.75) is 39.5 Å². The van der Waals surface area contributed by atoms with Gasteiger partial charge in [-0.25, -0.2) is 4.79 Å². The van der Waals surface area contributed by atoms with E-state index in [-0.39, 0.29) is 11.5 Å². The highest BCUT2D eigenvalue weighted by atomic mass is 19.4. The van der Waals surface area contributed by atoms with E-state index in [9.17, 15) is 18.0 Å². The van der Waals surface area contributed by atoms with Crippen molar-refractivity contribution in [2.75, 3.05) is 11.4 Å². The highest BCUT2D eigenvalue weighted by Gasteiger charge is 2.42. The quantitative estimate of drug-likeness (QED) is 0.693. The van der Waals surface area contributed by atoms with Crippen LogP contribution in [0.15, 0.2) is 48.5 Å². The number of hydrogen-bond acceptors (Lipinski definition) is 2. The lowest BCUT2D eigenvalue weighted by Crippen LogP contribution is -2.35. The molecule has 144 valence electrons. The number of alkyl halides is 3. The predicted molar refractivity (Wildman–Crippen MR) is 97.7 cm³/mol. The number of cyclic esters (lactones) is 1. The zero-order chi connectivity index (χ0) is 19.8. The summed E-state index contributed by atoms with van der Waals surface area (Å²) in [6.45, 7) is 6.40. The minimum atomic E-state index is -4.40. The van der Waals surface area contributed by atoms with Gasteiger partial charge in [0, 0.05) is 11.1 Å². The molecular formula is C21H22F3NO2. The molecule has 0 aliphatic carbocycles. The van der Waals surface area contributed by atoms with Gasteiger partial charge >= 0.3 is 12.3 Å². The standard InChI is InChI=1S/C21H22F3NO2/c1-14-5-4-6-15(11-14)12-20(2,3)18-13-25(19(26)27-18)17-9-7-16(8-10-17)21(22,23)24/h4-11,18H,12-13H2,1-3H3. The van der Waals surface area contributed by atoms with Crippen LogP contribution in [0.1, 0.15) is 30.5 Å². The number of nitrogens with zero attached hydrogens (tertiary/aromatic N) is 1. The van der Waals surface area contributed by atoms with Crippen LogP contribution in [-0.2, 0) is 17.3 Å². The molecule has 0 aromatic heterocycles. The second-order valence-electron chi connectivity index (χ2n) is 7.68. The molecule has 27 heavy (non-hydrogen) atoms. The maximum absolute atomic E-state index is 12.7. The van der Waals surface area contributed by atoms with Gasteiger partial charge < -0.3 is 4.74 Å². The van der Waals surface area contributed by atoms with Crippen LogP contribution in [0.5, 0.6) is 0 Å². The number of halogens is 3. The van der Waals surface area contributed by atoms with Crippen molar-refractivity contribution >= 4 is 11.8 Å². The number of hydrogen-bond donors (Lipinski definition) is 0. The molecule has 0 spiro atoms. The van der Waals surface area contributed by atoms with Crippen molar-refractivity contribution in [2.24, 2.45) is 5.41 Å². The lowest BCUT2D eigenvalue weighted by molar-refractivity contribution is -0.137. The van der Waals surface area contributed by atoms with Crippen LogP contribution in [0.2, 0.25) is 0 Å². The molecule has 0 saturated carbocycles. The van der Waals surface area contributed by atoms with Crippen LogP contribution < -0.4 is 4.90 Å². The molecule has 1 aliphatic rings. The Morgan fingerprint density at radius 3 is 2.37 bits per heavy atom.